The molecule has 0 aliphatic rings. The number of carbonyl (C=O) groups is 1. The first-order valence-electron chi connectivity index (χ1n) is 9.90. The molecule has 0 aliphatic heterocycles. The average Bonchev–Trinajstić information content (AvgIpc) is 3.17. The molecule has 0 radical (unpaired) electrons. The Balaban J connectivity index is 1.65. The van der Waals surface area contributed by atoms with Gasteiger partial charge in [-0.2, -0.15) is 0 Å². The molecule has 0 unspecified atom stereocenters. The first-order chi connectivity index (χ1) is 13.8. The average molecular weight is 377 g/mol. The minimum absolute atomic E-state index is 0.0183. The van der Waals surface area contributed by atoms with E-state index in [0.29, 0.717) is 6.54 Å². The van der Waals surface area contributed by atoms with E-state index in [1.54, 1.807) is 0 Å². The molecule has 4 heteroatoms. The lowest BCUT2D eigenvalue weighted by Gasteiger charge is -2.23. The van der Waals surface area contributed by atoms with Gasteiger partial charge in [-0.25, -0.2) is 0 Å². The normalized spacial score (nSPS) is 10.6. The number of benzene rings is 2. The van der Waals surface area contributed by atoms with E-state index in [0.717, 1.165) is 37.4 Å². The first-order valence-corrected chi connectivity index (χ1v) is 9.90. The number of amides is 1. The SMILES string of the molecule is CCCCN(Cc1cccn1Cc1ccccc1)C(=O)COc1ccccc1. The van der Waals surface area contributed by atoms with Crippen molar-refractivity contribution < 1.29 is 9.53 Å². The second kappa shape index (κ2) is 10.4. The molecule has 3 aromatic rings. The second-order valence-corrected chi connectivity index (χ2v) is 6.88. The quantitative estimate of drug-likeness (QED) is 0.512. The molecule has 0 bridgehead atoms. The van der Waals surface area contributed by atoms with Gasteiger partial charge in [-0.3, -0.25) is 4.79 Å². The van der Waals surface area contributed by atoms with Gasteiger partial charge in [-0.1, -0.05) is 61.9 Å². The van der Waals surface area contributed by atoms with Gasteiger partial charge in [0, 0.05) is 25.0 Å². The molecule has 146 valence electrons. The van der Waals surface area contributed by atoms with E-state index < -0.39 is 0 Å². The van der Waals surface area contributed by atoms with Gasteiger partial charge in [-0.15, -0.1) is 0 Å². The Bertz CT molecular complexity index is 843. The molecule has 0 fully saturated rings. The number of rotatable bonds is 10. The van der Waals surface area contributed by atoms with Crippen LogP contribution in [0.1, 0.15) is 31.0 Å². The lowest BCUT2D eigenvalue weighted by Crippen LogP contribution is -2.36. The smallest absolute Gasteiger partial charge is 0.260 e. The van der Waals surface area contributed by atoms with Gasteiger partial charge in [0.05, 0.1) is 6.54 Å². The number of hydrogen-bond donors (Lipinski definition) is 0. The van der Waals surface area contributed by atoms with Crippen LogP contribution in [0.3, 0.4) is 0 Å². The van der Waals surface area contributed by atoms with Crippen LogP contribution in [0.15, 0.2) is 79.0 Å². The summed E-state index contributed by atoms with van der Waals surface area (Å²) in [5, 5.41) is 0. The van der Waals surface area contributed by atoms with E-state index in [9.17, 15) is 4.79 Å². The summed E-state index contributed by atoms with van der Waals surface area (Å²) >= 11 is 0. The number of carbonyl (C=O) groups excluding carboxylic acids is 1. The van der Waals surface area contributed by atoms with Crippen molar-refractivity contribution in [1.29, 1.82) is 0 Å². The minimum Gasteiger partial charge on any atom is -0.484 e. The van der Waals surface area contributed by atoms with E-state index in [-0.39, 0.29) is 12.5 Å². The molecule has 2 aromatic carbocycles. The van der Waals surface area contributed by atoms with Crippen LogP contribution < -0.4 is 4.74 Å². The highest BCUT2D eigenvalue weighted by Gasteiger charge is 2.16. The Kier molecular flexibility index (Phi) is 7.30. The Morgan fingerprint density at radius 2 is 1.68 bits per heavy atom. The monoisotopic (exact) mass is 376 g/mol. The molecule has 28 heavy (non-hydrogen) atoms. The summed E-state index contributed by atoms with van der Waals surface area (Å²) in [5.41, 5.74) is 2.38. The van der Waals surface area contributed by atoms with Gasteiger partial charge >= 0.3 is 0 Å². The van der Waals surface area contributed by atoms with Crippen molar-refractivity contribution in [2.75, 3.05) is 13.2 Å². The third-order valence-corrected chi connectivity index (χ3v) is 4.71. The maximum atomic E-state index is 12.8. The van der Waals surface area contributed by atoms with Crippen molar-refractivity contribution in [3.63, 3.8) is 0 Å². The topological polar surface area (TPSA) is 34.5 Å². The van der Waals surface area contributed by atoms with Crippen molar-refractivity contribution in [2.24, 2.45) is 0 Å². The molecule has 0 N–H and O–H groups in total. The zero-order chi connectivity index (χ0) is 19.6. The minimum atomic E-state index is 0.0183. The van der Waals surface area contributed by atoms with Crippen LogP contribution in [0.2, 0.25) is 0 Å². The standard InChI is InChI=1S/C24H28N2O2/c1-2-3-16-26(24(27)20-28-23-14-8-5-9-15-23)19-22-13-10-17-25(22)18-21-11-6-4-7-12-21/h4-15,17H,2-3,16,18-20H2,1H3. The molecule has 0 aliphatic carbocycles. The number of unbranched alkanes of at least 4 members (excludes halogenated alkanes) is 1. The van der Waals surface area contributed by atoms with Crippen LogP contribution in [0.25, 0.3) is 0 Å². The molecule has 1 amide bonds. The summed E-state index contributed by atoms with van der Waals surface area (Å²) in [7, 11) is 0. The van der Waals surface area contributed by atoms with E-state index in [4.69, 9.17) is 4.74 Å². The van der Waals surface area contributed by atoms with Gasteiger partial charge in [0.15, 0.2) is 6.61 Å². The fourth-order valence-electron chi connectivity index (χ4n) is 3.12. The Labute approximate surface area is 167 Å². The molecule has 1 aromatic heterocycles. The first kappa shape index (κ1) is 19.7. The van der Waals surface area contributed by atoms with E-state index in [1.807, 2.05) is 47.4 Å². The van der Waals surface area contributed by atoms with E-state index >= 15 is 0 Å². The zero-order valence-electron chi connectivity index (χ0n) is 16.5. The molecule has 4 nitrogen and oxygen atoms in total. The molecular weight excluding hydrogens is 348 g/mol. The summed E-state index contributed by atoms with van der Waals surface area (Å²) in [6, 6.07) is 24.0. The van der Waals surface area contributed by atoms with E-state index in [2.05, 4.69) is 48.0 Å². The molecule has 0 spiro atoms. The highest BCUT2D eigenvalue weighted by Crippen LogP contribution is 2.13. The van der Waals surface area contributed by atoms with Crippen molar-refractivity contribution in [2.45, 2.75) is 32.9 Å². The summed E-state index contributed by atoms with van der Waals surface area (Å²) in [6.07, 6.45) is 4.11. The highest BCUT2D eigenvalue weighted by molar-refractivity contribution is 5.77. The molecule has 3 rings (SSSR count). The number of nitrogens with zero attached hydrogens (tertiary/aromatic N) is 2. The Morgan fingerprint density at radius 3 is 2.39 bits per heavy atom. The summed E-state index contributed by atoms with van der Waals surface area (Å²) in [5.74, 6) is 0.739. The van der Waals surface area contributed by atoms with Crippen LogP contribution in [-0.4, -0.2) is 28.5 Å². The second-order valence-electron chi connectivity index (χ2n) is 6.88. The van der Waals surface area contributed by atoms with Crippen LogP contribution in [0.4, 0.5) is 0 Å². The van der Waals surface area contributed by atoms with Gasteiger partial charge in [0.25, 0.3) is 5.91 Å². The lowest BCUT2D eigenvalue weighted by molar-refractivity contribution is -0.134. The summed E-state index contributed by atoms with van der Waals surface area (Å²) in [4.78, 5) is 14.7. The van der Waals surface area contributed by atoms with Crippen LogP contribution in [-0.2, 0) is 17.9 Å². The van der Waals surface area contributed by atoms with Crippen molar-refractivity contribution >= 4 is 5.91 Å². The van der Waals surface area contributed by atoms with Crippen LogP contribution in [0, 0.1) is 0 Å². The Morgan fingerprint density at radius 1 is 0.964 bits per heavy atom. The molecule has 0 saturated heterocycles. The fourth-order valence-corrected chi connectivity index (χ4v) is 3.12. The number of para-hydroxylation sites is 1. The third-order valence-electron chi connectivity index (χ3n) is 4.71. The van der Waals surface area contributed by atoms with Crippen LogP contribution >= 0.6 is 0 Å². The number of aromatic nitrogens is 1. The predicted molar refractivity (Wildman–Crippen MR) is 112 cm³/mol. The van der Waals surface area contributed by atoms with Crippen molar-refractivity contribution in [3.05, 3.63) is 90.3 Å². The molecule has 0 atom stereocenters. The zero-order valence-corrected chi connectivity index (χ0v) is 16.5. The summed E-state index contributed by atoms with van der Waals surface area (Å²) < 4.78 is 7.88. The van der Waals surface area contributed by atoms with E-state index in [1.165, 1.54) is 5.56 Å². The van der Waals surface area contributed by atoms with Crippen molar-refractivity contribution in [3.8, 4) is 5.75 Å². The number of hydrogen-bond acceptors (Lipinski definition) is 2. The number of ether oxygens (including phenoxy) is 1. The lowest BCUT2D eigenvalue weighted by atomic mass is 10.2. The molecular formula is C24H28N2O2. The molecule has 0 saturated carbocycles. The third kappa shape index (κ3) is 5.74. The highest BCUT2D eigenvalue weighted by atomic mass is 16.5. The van der Waals surface area contributed by atoms with Gasteiger partial charge in [0.2, 0.25) is 0 Å². The van der Waals surface area contributed by atoms with Gasteiger partial charge in [-0.05, 0) is 36.2 Å². The maximum absolute atomic E-state index is 12.8. The largest absolute Gasteiger partial charge is 0.484 e. The van der Waals surface area contributed by atoms with Crippen LogP contribution in [0.5, 0.6) is 5.75 Å². The predicted octanol–water partition coefficient (Wildman–Crippen LogP) is 4.74. The Hall–Kier alpha value is -3.01. The molecule has 1 heterocycles. The fraction of sp³-hybridized carbons (Fsp3) is 0.292. The van der Waals surface area contributed by atoms with Crippen molar-refractivity contribution in [1.82, 2.24) is 9.47 Å². The maximum Gasteiger partial charge on any atom is 0.260 e. The van der Waals surface area contributed by atoms with Gasteiger partial charge < -0.3 is 14.2 Å². The van der Waals surface area contributed by atoms with Gasteiger partial charge in [0.1, 0.15) is 5.75 Å². The summed E-state index contributed by atoms with van der Waals surface area (Å²) in [6.45, 7) is 4.34.